The van der Waals surface area contributed by atoms with Crippen molar-refractivity contribution in [1.29, 1.82) is 0 Å². The third-order valence-corrected chi connectivity index (χ3v) is 2.43. The van der Waals surface area contributed by atoms with Crippen LogP contribution in [0.3, 0.4) is 0 Å². The zero-order valence-electron chi connectivity index (χ0n) is 9.70. The summed E-state index contributed by atoms with van der Waals surface area (Å²) in [5, 5.41) is 20.7. The molecule has 2 unspecified atom stereocenters. The summed E-state index contributed by atoms with van der Waals surface area (Å²) in [4.78, 5) is 10.9. The van der Waals surface area contributed by atoms with Crippen molar-refractivity contribution < 1.29 is 15.0 Å². The monoisotopic (exact) mass is 217 g/mol. The molecule has 0 fully saturated rings. The van der Waals surface area contributed by atoms with Crippen molar-refractivity contribution in [3.63, 3.8) is 0 Å². The predicted molar refractivity (Wildman–Crippen MR) is 59.9 cm³/mol. The van der Waals surface area contributed by atoms with Gasteiger partial charge in [-0.3, -0.25) is 4.79 Å². The van der Waals surface area contributed by atoms with E-state index < -0.39 is 12.0 Å². The lowest BCUT2D eigenvalue weighted by atomic mass is 10.1. The van der Waals surface area contributed by atoms with Gasteiger partial charge in [-0.1, -0.05) is 19.8 Å². The minimum absolute atomic E-state index is 0.148. The number of nitrogens with one attached hydrogen (secondary N) is 1. The van der Waals surface area contributed by atoms with Crippen LogP contribution in [0.15, 0.2) is 0 Å². The van der Waals surface area contributed by atoms with Crippen molar-refractivity contribution >= 4 is 5.97 Å². The van der Waals surface area contributed by atoms with Gasteiger partial charge in [0.25, 0.3) is 0 Å². The van der Waals surface area contributed by atoms with Crippen LogP contribution in [0.25, 0.3) is 0 Å². The van der Waals surface area contributed by atoms with Gasteiger partial charge in [0.05, 0.1) is 0 Å². The number of hydrogen-bond acceptors (Lipinski definition) is 3. The van der Waals surface area contributed by atoms with E-state index in [1.54, 1.807) is 0 Å². The number of aliphatic hydroxyl groups is 1. The van der Waals surface area contributed by atoms with E-state index in [-0.39, 0.29) is 12.6 Å². The Labute approximate surface area is 91.7 Å². The van der Waals surface area contributed by atoms with E-state index in [0.29, 0.717) is 12.8 Å². The van der Waals surface area contributed by atoms with Crippen LogP contribution in [0.5, 0.6) is 0 Å². The molecule has 0 aliphatic rings. The third-order valence-electron chi connectivity index (χ3n) is 2.43. The fraction of sp³-hybridized carbons (Fsp3) is 0.909. The smallest absolute Gasteiger partial charge is 0.320 e. The third kappa shape index (κ3) is 7.33. The Kier molecular flexibility index (Phi) is 8.33. The Balaban J connectivity index is 3.87. The number of carboxylic acids is 1. The summed E-state index contributed by atoms with van der Waals surface area (Å²) >= 11 is 0. The minimum Gasteiger partial charge on any atom is -0.480 e. The Morgan fingerprint density at radius 1 is 1.33 bits per heavy atom. The summed E-state index contributed by atoms with van der Waals surface area (Å²) in [6.45, 7) is 4.17. The first-order chi connectivity index (χ1) is 7.11. The zero-order chi connectivity index (χ0) is 11.7. The van der Waals surface area contributed by atoms with Gasteiger partial charge in [0.15, 0.2) is 0 Å². The van der Waals surface area contributed by atoms with Crippen LogP contribution in [0.4, 0.5) is 0 Å². The molecule has 0 radical (unpaired) electrons. The van der Waals surface area contributed by atoms with E-state index in [1.807, 2.05) is 13.8 Å². The minimum atomic E-state index is -0.778. The molecule has 0 heterocycles. The molecule has 15 heavy (non-hydrogen) atoms. The molecule has 0 spiro atoms. The Morgan fingerprint density at radius 2 is 2.00 bits per heavy atom. The summed E-state index contributed by atoms with van der Waals surface area (Å²) < 4.78 is 0. The molecule has 3 N–H and O–H groups in total. The van der Waals surface area contributed by atoms with Gasteiger partial charge in [-0.15, -0.1) is 0 Å². The molecule has 0 aliphatic carbocycles. The van der Waals surface area contributed by atoms with Crippen molar-refractivity contribution in [2.75, 3.05) is 6.61 Å². The normalized spacial score (nSPS) is 14.9. The van der Waals surface area contributed by atoms with Crippen molar-refractivity contribution in [3.8, 4) is 0 Å². The molecule has 0 saturated carbocycles. The van der Waals surface area contributed by atoms with E-state index in [2.05, 4.69) is 5.32 Å². The van der Waals surface area contributed by atoms with E-state index in [0.717, 1.165) is 19.3 Å². The molecule has 90 valence electrons. The Hall–Kier alpha value is -0.610. The first kappa shape index (κ1) is 14.4. The van der Waals surface area contributed by atoms with Gasteiger partial charge in [-0.2, -0.15) is 0 Å². The fourth-order valence-corrected chi connectivity index (χ4v) is 1.51. The number of carboxylic acid groups (broad SMARTS) is 1. The number of unbranched alkanes of at least 4 members (excludes halogenated alkanes) is 1. The van der Waals surface area contributed by atoms with Crippen LogP contribution in [0.1, 0.15) is 46.0 Å². The van der Waals surface area contributed by atoms with Gasteiger partial charge in [0.1, 0.15) is 6.04 Å². The lowest BCUT2D eigenvalue weighted by Gasteiger charge is -2.19. The highest BCUT2D eigenvalue weighted by molar-refractivity contribution is 5.73. The van der Waals surface area contributed by atoms with Crippen molar-refractivity contribution in [2.24, 2.45) is 0 Å². The maximum Gasteiger partial charge on any atom is 0.320 e. The van der Waals surface area contributed by atoms with Gasteiger partial charge < -0.3 is 15.5 Å². The number of hydrogen-bond donors (Lipinski definition) is 3. The topological polar surface area (TPSA) is 69.6 Å². The molecule has 0 amide bonds. The average molecular weight is 217 g/mol. The van der Waals surface area contributed by atoms with Crippen LogP contribution in [0, 0.1) is 0 Å². The second-order valence-corrected chi connectivity index (χ2v) is 3.97. The molecular formula is C11H23NO3. The van der Waals surface area contributed by atoms with Gasteiger partial charge in [0, 0.05) is 12.6 Å². The maximum atomic E-state index is 10.9. The first-order valence-corrected chi connectivity index (χ1v) is 5.71. The molecule has 0 saturated heterocycles. The second kappa shape index (κ2) is 8.68. The molecule has 0 rings (SSSR count). The number of aliphatic carboxylic acids is 1. The SMILES string of the molecule is CCCCC(NC(C)CCCO)C(=O)O. The molecule has 2 atom stereocenters. The van der Waals surface area contributed by atoms with E-state index in [4.69, 9.17) is 10.2 Å². The van der Waals surface area contributed by atoms with Crippen molar-refractivity contribution in [1.82, 2.24) is 5.32 Å². The summed E-state index contributed by atoms with van der Waals surface area (Å²) in [5.41, 5.74) is 0. The first-order valence-electron chi connectivity index (χ1n) is 5.71. The fourth-order valence-electron chi connectivity index (χ4n) is 1.51. The second-order valence-electron chi connectivity index (χ2n) is 3.97. The van der Waals surface area contributed by atoms with E-state index in [9.17, 15) is 4.79 Å². The van der Waals surface area contributed by atoms with Gasteiger partial charge in [0.2, 0.25) is 0 Å². The van der Waals surface area contributed by atoms with Gasteiger partial charge in [-0.05, 0) is 26.2 Å². The molecular weight excluding hydrogens is 194 g/mol. The lowest BCUT2D eigenvalue weighted by molar-refractivity contribution is -0.139. The van der Waals surface area contributed by atoms with Crippen molar-refractivity contribution in [3.05, 3.63) is 0 Å². The predicted octanol–water partition coefficient (Wildman–Crippen LogP) is 1.38. The van der Waals surface area contributed by atoms with Crippen LogP contribution < -0.4 is 5.32 Å². The highest BCUT2D eigenvalue weighted by Crippen LogP contribution is 2.04. The van der Waals surface area contributed by atoms with Crippen LogP contribution >= 0.6 is 0 Å². The number of carbonyl (C=O) groups is 1. The van der Waals surface area contributed by atoms with E-state index in [1.165, 1.54) is 0 Å². The maximum absolute atomic E-state index is 10.9. The standard InChI is InChI=1S/C11H23NO3/c1-3-4-7-10(11(14)15)12-9(2)6-5-8-13/h9-10,12-13H,3-8H2,1-2H3,(H,14,15). The molecule has 0 aromatic carbocycles. The zero-order valence-corrected chi connectivity index (χ0v) is 9.70. The largest absolute Gasteiger partial charge is 0.480 e. The molecule has 0 bridgehead atoms. The summed E-state index contributed by atoms with van der Waals surface area (Å²) in [6.07, 6.45) is 4.14. The lowest BCUT2D eigenvalue weighted by Crippen LogP contribution is -2.42. The highest BCUT2D eigenvalue weighted by Gasteiger charge is 2.18. The summed E-state index contributed by atoms with van der Waals surface area (Å²) in [6, 6.07) is -0.297. The molecule has 0 aliphatic heterocycles. The van der Waals surface area contributed by atoms with E-state index >= 15 is 0 Å². The number of aliphatic hydroxyl groups excluding tert-OH is 1. The Morgan fingerprint density at radius 3 is 2.47 bits per heavy atom. The van der Waals surface area contributed by atoms with Crippen LogP contribution in [0.2, 0.25) is 0 Å². The number of rotatable bonds is 9. The van der Waals surface area contributed by atoms with Gasteiger partial charge in [-0.25, -0.2) is 0 Å². The molecule has 0 aromatic heterocycles. The van der Waals surface area contributed by atoms with Gasteiger partial charge >= 0.3 is 5.97 Å². The summed E-state index contributed by atoms with van der Waals surface area (Å²) in [5.74, 6) is -0.778. The Bertz CT molecular complexity index is 173. The van der Waals surface area contributed by atoms with Crippen LogP contribution in [-0.4, -0.2) is 34.9 Å². The quantitative estimate of drug-likeness (QED) is 0.545. The highest BCUT2D eigenvalue weighted by atomic mass is 16.4. The molecule has 4 nitrogen and oxygen atoms in total. The van der Waals surface area contributed by atoms with Crippen molar-refractivity contribution in [2.45, 2.75) is 58.0 Å². The van der Waals surface area contributed by atoms with Crippen LogP contribution in [-0.2, 0) is 4.79 Å². The average Bonchev–Trinajstić information content (AvgIpc) is 2.20. The summed E-state index contributed by atoms with van der Waals surface area (Å²) in [7, 11) is 0. The molecule has 0 aromatic rings. The molecule has 4 heteroatoms.